The molecular formula is C29H28N4O5. The van der Waals surface area contributed by atoms with E-state index in [4.69, 9.17) is 14.5 Å². The highest BCUT2D eigenvalue weighted by Gasteiger charge is 2.15. The number of carboxylic acid groups (broad SMARTS) is 1. The number of fused-ring (bicyclic) bond motifs is 1. The molecule has 2 amide bonds. The minimum atomic E-state index is -1.10. The number of aromatic nitrogens is 1. The molecule has 0 spiro atoms. The van der Waals surface area contributed by atoms with Gasteiger partial charge in [-0.3, -0.25) is 9.88 Å². The molecule has 9 heteroatoms. The zero-order valence-electron chi connectivity index (χ0n) is 20.9. The molecule has 194 valence electrons. The molecule has 2 heterocycles. The highest BCUT2D eigenvalue weighted by Crippen LogP contribution is 2.33. The number of ether oxygens (including phenoxy) is 2. The molecule has 1 aliphatic heterocycles. The average Bonchev–Trinajstić information content (AvgIpc) is 2.94. The Morgan fingerprint density at radius 1 is 0.974 bits per heavy atom. The second kappa shape index (κ2) is 11.3. The number of nitrogens with one attached hydrogen (secondary N) is 2. The first kappa shape index (κ1) is 25.2. The van der Waals surface area contributed by atoms with E-state index in [1.54, 1.807) is 0 Å². The Hall–Kier alpha value is -4.47. The summed E-state index contributed by atoms with van der Waals surface area (Å²) in [5.74, 6) is -0.740. The SMILES string of the molecule is COc1ccc(C(=O)O)cc1NC(=O)Nc1ccc(-c2ccc(CN3CCOCC3)nc2)c2ccccc12. The smallest absolute Gasteiger partial charge is 0.335 e. The first-order valence-electron chi connectivity index (χ1n) is 12.3. The lowest BCUT2D eigenvalue weighted by Gasteiger charge is -2.26. The summed E-state index contributed by atoms with van der Waals surface area (Å²) in [6, 6.07) is 19.5. The number of nitrogens with zero attached hydrogens (tertiary/aromatic N) is 2. The number of aromatic carboxylic acids is 1. The third kappa shape index (κ3) is 5.59. The van der Waals surface area contributed by atoms with E-state index < -0.39 is 12.0 Å². The molecule has 0 radical (unpaired) electrons. The molecule has 1 saturated heterocycles. The van der Waals surface area contributed by atoms with Crippen LogP contribution in [0.5, 0.6) is 5.75 Å². The van der Waals surface area contributed by atoms with Crippen molar-refractivity contribution in [2.75, 3.05) is 44.0 Å². The topological polar surface area (TPSA) is 113 Å². The molecule has 0 bridgehead atoms. The highest BCUT2D eigenvalue weighted by atomic mass is 16.5. The molecule has 0 atom stereocenters. The lowest BCUT2D eigenvalue weighted by molar-refractivity contribution is 0.0336. The number of methoxy groups -OCH3 is 1. The average molecular weight is 513 g/mol. The maximum Gasteiger partial charge on any atom is 0.335 e. The van der Waals surface area contributed by atoms with Crippen LogP contribution in [0.2, 0.25) is 0 Å². The lowest BCUT2D eigenvalue weighted by Crippen LogP contribution is -2.35. The van der Waals surface area contributed by atoms with Gasteiger partial charge in [0.15, 0.2) is 0 Å². The number of amides is 2. The first-order chi connectivity index (χ1) is 18.5. The number of benzene rings is 3. The Morgan fingerprint density at radius 3 is 2.45 bits per heavy atom. The van der Waals surface area contributed by atoms with Crippen LogP contribution in [-0.4, -0.2) is 60.4 Å². The van der Waals surface area contributed by atoms with Gasteiger partial charge < -0.3 is 25.2 Å². The van der Waals surface area contributed by atoms with E-state index in [1.807, 2.05) is 42.6 Å². The van der Waals surface area contributed by atoms with Gasteiger partial charge in [-0.05, 0) is 41.3 Å². The number of hydrogen-bond acceptors (Lipinski definition) is 6. The molecule has 0 aliphatic carbocycles. The van der Waals surface area contributed by atoms with Crippen molar-refractivity contribution in [2.24, 2.45) is 0 Å². The molecule has 1 aromatic heterocycles. The molecule has 1 fully saturated rings. The summed E-state index contributed by atoms with van der Waals surface area (Å²) in [6.07, 6.45) is 1.89. The van der Waals surface area contributed by atoms with Gasteiger partial charge in [-0.25, -0.2) is 9.59 Å². The standard InChI is InChI=1S/C29H28N4O5/c1-37-27-11-7-19(28(34)35)16-26(27)32-29(36)31-25-10-9-22(23-4-2-3-5-24(23)25)20-6-8-21(30-17-20)18-33-12-14-38-15-13-33/h2-11,16-17H,12-15,18H2,1H3,(H,34,35)(H2,31,32,36). The van der Waals surface area contributed by atoms with Gasteiger partial charge in [-0.15, -0.1) is 0 Å². The van der Waals surface area contributed by atoms with E-state index in [0.29, 0.717) is 11.4 Å². The molecule has 38 heavy (non-hydrogen) atoms. The number of urea groups is 1. The van der Waals surface area contributed by atoms with Crippen molar-refractivity contribution in [1.29, 1.82) is 0 Å². The Balaban J connectivity index is 1.36. The van der Waals surface area contributed by atoms with Crippen molar-refractivity contribution in [3.05, 3.63) is 84.2 Å². The first-order valence-corrected chi connectivity index (χ1v) is 12.3. The van der Waals surface area contributed by atoms with Crippen LogP contribution in [-0.2, 0) is 11.3 Å². The Bertz CT molecular complexity index is 1470. The highest BCUT2D eigenvalue weighted by molar-refractivity contribution is 6.10. The largest absolute Gasteiger partial charge is 0.495 e. The van der Waals surface area contributed by atoms with Crippen LogP contribution < -0.4 is 15.4 Å². The van der Waals surface area contributed by atoms with Gasteiger partial charge in [0, 0.05) is 36.8 Å². The van der Waals surface area contributed by atoms with Gasteiger partial charge in [-0.2, -0.15) is 0 Å². The van der Waals surface area contributed by atoms with E-state index in [1.165, 1.54) is 25.3 Å². The zero-order chi connectivity index (χ0) is 26.5. The van der Waals surface area contributed by atoms with E-state index in [0.717, 1.165) is 60.4 Å². The fraction of sp³-hybridized carbons (Fsp3) is 0.207. The molecule has 3 N–H and O–H groups in total. The Kier molecular flexibility index (Phi) is 7.48. The monoisotopic (exact) mass is 512 g/mol. The number of carbonyl (C=O) groups is 2. The summed E-state index contributed by atoms with van der Waals surface area (Å²) in [5, 5.41) is 16.7. The quantitative estimate of drug-likeness (QED) is 0.316. The van der Waals surface area contributed by atoms with Crippen molar-refractivity contribution in [3.63, 3.8) is 0 Å². The zero-order valence-corrected chi connectivity index (χ0v) is 20.9. The van der Waals surface area contributed by atoms with E-state index in [-0.39, 0.29) is 11.3 Å². The van der Waals surface area contributed by atoms with E-state index >= 15 is 0 Å². The number of morpholine rings is 1. The summed E-state index contributed by atoms with van der Waals surface area (Å²) in [6.45, 7) is 4.12. The van der Waals surface area contributed by atoms with Crippen LogP contribution in [0.3, 0.4) is 0 Å². The molecule has 1 aliphatic rings. The van der Waals surface area contributed by atoms with Gasteiger partial charge in [0.05, 0.1) is 43.0 Å². The van der Waals surface area contributed by atoms with Crippen molar-refractivity contribution in [1.82, 2.24) is 9.88 Å². The van der Waals surface area contributed by atoms with Gasteiger partial charge in [-0.1, -0.05) is 36.4 Å². The maximum absolute atomic E-state index is 12.9. The number of carboxylic acids is 1. The van der Waals surface area contributed by atoms with Crippen LogP contribution >= 0.6 is 0 Å². The molecule has 0 unspecified atom stereocenters. The molecular weight excluding hydrogens is 484 g/mol. The normalized spacial score (nSPS) is 13.7. The minimum absolute atomic E-state index is 0.0421. The van der Waals surface area contributed by atoms with Crippen LogP contribution in [0, 0.1) is 0 Å². The summed E-state index contributed by atoms with van der Waals surface area (Å²) in [4.78, 5) is 31.3. The summed E-state index contributed by atoms with van der Waals surface area (Å²) >= 11 is 0. The molecule has 9 nitrogen and oxygen atoms in total. The van der Waals surface area contributed by atoms with Gasteiger partial charge >= 0.3 is 12.0 Å². The number of anilines is 2. The van der Waals surface area contributed by atoms with Gasteiger partial charge in [0.2, 0.25) is 0 Å². The number of carbonyl (C=O) groups excluding carboxylic acids is 1. The number of rotatable bonds is 7. The van der Waals surface area contributed by atoms with Crippen LogP contribution in [0.1, 0.15) is 16.1 Å². The Morgan fingerprint density at radius 2 is 1.74 bits per heavy atom. The van der Waals surface area contributed by atoms with Gasteiger partial charge in [0.25, 0.3) is 0 Å². The maximum atomic E-state index is 12.9. The fourth-order valence-electron chi connectivity index (χ4n) is 4.54. The second-order valence-corrected chi connectivity index (χ2v) is 8.93. The van der Waals surface area contributed by atoms with Crippen molar-refractivity contribution in [3.8, 4) is 16.9 Å². The Labute approximate surface area is 220 Å². The predicted octanol–water partition coefficient (Wildman–Crippen LogP) is 5.08. The van der Waals surface area contributed by atoms with Crippen LogP contribution in [0.4, 0.5) is 16.2 Å². The number of hydrogen-bond donors (Lipinski definition) is 3. The molecule has 5 rings (SSSR count). The van der Waals surface area contributed by atoms with Crippen LogP contribution in [0.15, 0.2) is 72.9 Å². The van der Waals surface area contributed by atoms with E-state index in [2.05, 4.69) is 27.7 Å². The third-order valence-corrected chi connectivity index (χ3v) is 6.49. The molecule has 3 aromatic carbocycles. The van der Waals surface area contributed by atoms with Crippen molar-refractivity contribution < 1.29 is 24.2 Å². The summed E-state index contributed by atoms with van der Waals surface area (Å²) in [5.41, 5.74) is 3.92. The second-order valence-electron chi connectivity index (χ2n) is 8.93. The van der Waals surface area contributed by atoms with Gasteiger partial charge in [0.1, 0.15) is 5.75 Å². The molecule has 4 aromatic rings. The number of pyridine rings is 1. The summed E-state index contributed by atoms with van der Waals surface area (Å²) < 4.78 is 10.7. The molecule has 0 saturated carbocycles. The fourth-order valence-corrected chi connectivity index (χ4v) is 4.54. The lowest BCUT2D eigenvalue weighted by atomic mass is 9.98. The summed E-state index contributed by atoms with van der Waals surface area (Å²) in [7, 11) is 1.45. The van der Waals surface area contributed by atoms with Crippen molar-refractivity contribution >= 4 is 34.1 Å². The van der Waals surface area contributed by atoms with Crippen molar-refractivity contribution in [2.45, 2.75) is 6.54 Å². The predicted molar refractivity (Wildman–Crippen MR) is 146 cm³/mol. The van der Waals surface area contributed by atoms with Crippen LogP contribution in [0.25, 0.3) is 21.9 Å². The third-order valence-electron chi connectivity index (χ3n) is 6.49. The van der Waals surface area contributed by atoms with E-state index in [9.17, 15) is 14.7 Å². The minimum Gasteiger partial charge on any atom is -0.495 e.